The van der Waals surface area contributed by atoms with E-state index in [1.165, 1.54) is 0 Å². The molecule has 0 aliphatic heterocycles. The first-order chi connectivity index (χ1) is 2.27. The Labute approximate surface area is 59.1 Å². The van der Waals surface area contributed by atoms with Crippen molar-refractivity contribution in [2.24, 2.45) is 5.92 Å². The molecule has 0 spiro atoms. The van der Waals surface area contributed by atoms with E-state index in [1.807, 2.05) is 0 Å². The summed E-state index contributed by atoms with van der Waals surface area (Å²) in [6.07, 6.45) is 1.06. The Hall–Kier alpha value is 0.870. The minimum atomic E-state index is 0. The average Bonchev–Trinajstić information content (AvgIpc) is 1.38. The van der Waals surface area contributed by atoms with Gasteiger partial charge in [0.2, 0.25) is 0 Å². The standard InChI is InChI=1S/C5H11.Hf/c1-4-5(2)3;/h5H,1,4H2,2-3H3;. The smallest absolute Gasteiger partial charge is 0 e. The van der Waals surface area contributed by atoms with Gasteiger partial charge in [-0.15, -0.1) is 0 Å². The van der Waals surface area contributed by atoms with E-state index < -0.39 is 0 Å². The Morgan fingerprint density at radius 2 is 1.67 bits per heavy atom. The predicted molar refractivity (Wildman–Crippen MR) is 24.8 cm³/mol. The van der Waals surface area contributed by atoms with Gasteiger partial charge < -0.3 is 0 Å². The van der Waals surface area contributed by atoms with Crippen LogP contribution < -0.4 is 0 Å². The van der Waals surface area contributed by atoms with Crippen LogP contribution in [0.2, 0.25) is 0 Å². The van der Waals surface area contributed by atoms with E-state index in [-0.39, 0.29) is 25.8 Å². The van der Waals surface area contributed by atoms with Gasteiger partial charge >= 0.3 is 0 Å². The summed E-state index contributed by atoms with van der Waals surface area (Å²) in [7, 11) is 0. The fraction of sp³-hybridized carbons (Fsp3) is 0.800. The monoisotopic (exact) mass is 251 g/mol. The van der Waals surface area contributed by atoms with Crippen molar-refractivity contribution in [3.8, 4) is 0 Å². The van der Waals surface area contributed by atoms with Crippen molar-refractivity contribution >= 4 is 0 Å². The van der Waals surface area contributed by atoms with E-state index in [0.717, 1.165) is 12.3 Å². The van der Waals surface area contributed by atoms with Gasteiger partial charge in [-0.3, -0.25) is 0 Å². The second kappa shape index (κ2) is 5.87. The van der Waals surface area contributed by atoms with Crippen LogP contribution in [0.3, 0.4) is 0 Å². The van der Waals surface area contributed by atoms with Crippen LogP contribution in [-0.4, -0.2) is 0 Å². The number of rotatable bonds is 1. The van der Waals surface area contributed by atoms with Gasteiger partial charge in [-0.25, -0.2) is 0 Å². The maximum Gasteiger partial charge on any atom is 0 e. The molecule has 0 aliphatic rings. The maximum absolute atomic E-state index is 3.69. The van der Waals surface area contributed by atoms with E-state index in [1.54, 1.807) is 0 Å². The third-order valence-corrected chi connectivity index (χ3v) is 0.577. The summed E-state index contributed by atoms with van der Waals surface area (Å²) in [6.45, 7) is 8.00. The fourth-order valence-corrected chi connectivity index (χ4v) is 0. The van der Waals surface area contributed by atoms with Crippen molar-refractivity contribution in [3.05, 3.63) is 6.92 Å². The molecule has 0 saturated heterocycles. The molecule has 0 atom stereocenters. The largest absolute Gasteiger partial charge is 0.0628 e. The van der Waals surface area contributed by atoms with Gasteiger partial charge in [-0.05, 0) is 5.92 Å². The molecule has 0 heterocycles. The zero-order chi connectivity index (χ0) is 4.28. The minimum absolute atomic E-state index is 0. The van der Waals surface area contributed by atoms with Crippen molar-refractivity contribution in [3.63, 3.8) is 0 Å². The first-order valence-electron chi connectivity index (χ1n) is 2.06. The van der Waals surface area contributed by atoms with E-state index in [2.05, 4.69) is 20.8 Å². The summed E-state index contributed by atoms with van der Waals surface area (Å²) < 4.78 is 0. The van der Waals surface area contributed by atoms with E-state index in [0.29, 0.717) is 0 Å². The predicted octanol–water partition coefficient (Wildman–Crippen LogP) is 1.86. The number of hydrogen-bond donors (Lipinski definition) is 0. The van der Waals surface area contributed by atoms with Crippen LogP contribution in [0.15, 0.2) is 0 Å². The quantitative estimate of drug-likeness (QED) is 0.623. The Bertz CT molecular complexity index is 17.9. The van der Waals surface area contributed by atoms with Crippen LogP contribution in [0.4, 0.5) is 0 Å². The van der Waals surface area contributed by atoms with Crippen molar-refractivity contribution < 1.29 is 25.8 Å². The normalized spacial score (nSPS) is 8.00. The second-order valence-electron chi connectivity index (χ2n) is 1.68. The molecule has 0 N–H and O–H groups in total. The summed E-state index contributed by atoms with van der Waals surface area (Å²) in [5.41, 5.74) is 0. The van der Waals surface area contributed by atoms with Gasteiger partial charge in [0, 0.05) is 25.8 Å². The summed E-state index contributed by atoms with van der Waals surface area (Å²) in [5.74, 6) is 0.773. The molecule has 0 saturated carbocycles. The van der Waals surface area contributed by atoms with Crippen molar-refractivity contribution in [1.82, 2.24) is 0 Å². The summed E-state index contributed by atoms with van der Waals surface area (Å²) in [5, 5.41) is 0. The minimum Gasteiger partial charge on any atom is -0.0628 e. The molecule has 0 aliphatic carbocycles. The molecule has 0 aromatic heterocycles. The van der Waals surface area contributed by atoms with Gasteiger partial charge in [0.15, 0.2) is 0 Å². The van der Waals surface area contributed by atoms with Gasteiger partial charge in [0.1, 0.15) is 0 Å². The molecule has 0 nitrogen and oxygen atoms in total. The molecular weight excluding hydrogens is 239 g/mol. The van der Waals surface area contributed by atoms with Crippen LogP contribution in [-0.2, 0) is 25.8 Å². The third-order valence-electron chi connectivity index (χ3n) is 0.577. The van der Waals surface area contributed by atoms with Crippen LogP contribution in [0.1, 0.15) is 20.3 Å². The van der Waals surface area contributed by atoms with Gasteiger partial charge in [0.05, 0.1) is 0 Å². The second-order valence-corrected chi connectivity index (χ2v) is 1.68. The Morgan fingerprint density at radius 3 is 1.67 bits per heavy atom. The molecule has 0 rings (SSSR count). The third kappa shape index (κ3) is 8.85. The molecule has 35 valence electrons. The van der Waals surface area contributed by atoms with Gasteiger partial charge in [-0.1, -0.05) is 27.2 Å². The SMILES string of the molecule is [CH2]CC(C)C.[Hf]. The molecule has 6 heavy (non-hydrogen) atoms. The Morgan fingerprint density at radius 1 is 1.50 bits per heavy atom. The van der Waals surface area contributed by atoms with Crippen molar-refractivity contribution in [1.29, 1.82) is 0 Å². The van der Waals surface area contributed by atoms with Crippen molar-refractivity contribution in [2.45, 2.75) is 20.3 Å². The van der Waals surface area contributed by atoms with E-state index >= 15 is 0 Å². The van der Waals surface area contributed by atoms with Crippen LogP contribution in [0.5, 0.6) is 0 Å². The molecule has 0 bridgehead atoms. The van der Waals surface area contributed by atoms with Gasteiger partial charge in [0.25, 0.3) is 0 Å². The van der Waals surface area contributed by atoms with E-state index in [4.69, 9.17) is 0 Å². The molecule has 0 unspecified atom stereocenters. The van der Waals surface area contributed by atoms with Crippen LogP contribution in [0, 0.1) is 12.8 Å². The summed E-state index contributed by atoms with van der Waals surface area (Å²) in [6, 6.07) is 0. The molecule has 0 amide bonds. The zero-order valence-electron chi connectivity index (χ0n) is 4.49. The summed E-state index contributed by atoms with van der Waals surface area (Å²) in [4.78, 5) is 0. The fourth-order valence-electron chi connectivity index (χ4n) is 0. The number of hydrogen-bond acceptors (Lipinski definition) is 0. The topological polar surface area (TPSA) is 0 Å². The Kier molecular flexibility index (Phi) is 9.77. The van der Waals surface area contributed by atoms with Crippen molar-refractivity contribution in [2.75, 3.05) is 0 Å². The molecule has 1 heteroatoms. The maximum atomic E-state index is 3.69. The molecular formula is C5H11Hf. The first kappa shape index (κ1) is 9.98. The average molecular weight is 250 g/mol. The Balaban J connectivity index is 0. The van der Waals surface area contributed by atoms with Gasteiger partial charge in [-0.2, -0.15) is 0 Å². The zero-order valence-corrected chi connectivity index (χ0v) is 8.08. The molecule has 0 aromatic rings. The molecule has 1 radical (unpaired) electrons. The summed E-state index contributed by atoms with van der Waals surface area (Å²) >= 11 is 0. The van der Waals surface area contributed by atoms with Crippen LogP contribution >= 0.6 is 0 Å². The first-order valence-corrected chi connectivity index (χ1v) is 2.06. The molecule has 0 aromatic carbocycles. The van der Waals surface area contributed by atoms with Crippen LogP contribution in [0.25, 0.3) is 0 Å². The molecule has 0 fully saturated rings. The van der Waals surface area contributed by atoms with E-state index in [9.17, 15) is 0 Å².